The first kappa shape index (κ1) is 13.5. The van der Waals surface area contributed by atoms with Crippen molar-refractivity contribution in [2.24, 2.45) is 12.5 Å². The number of hydrogen-bond donors (Lipinski definition) is 1. The molecule has 0 spiro atoms. The van der Waals surface area contributed by atoms with Crippen LogP contribution in [0.25, 0.3) is 0 Å². The Labute approximate surface area is 102 Å². The quantitative estimate of drug-likeness (QED) is 0.865. The van der Waals surface area contributed by atoms with Crippen LogP contribution in [0.4, 0.5) is 0 Å². The lowest BCUT2D eigenvalue weighted by Crippen LogP contribution is -2.25. The van der Waals surface area contributed by atoms with E-state index in [1.165, 1.54) is 0 Å². The van der Waals surface area contributed by atoms with Gasteiger partial charge in [-0.2, -0.15) is 5.10 Å². The van der Waals surface area contributed by atoms with Gasteiger partial charge in [0.1, 0.15) is 0 Å². The highest BCUT2D eigenvalue weighted by molar-refractivity contribution is 6.31. The highest BCUT2D eigenvalue weighted by atomic mass is 35.5. The van der Waals surface area contributed by atoms with Crippen molar-refractivity contribution in [3.8, 4) is 0 Å². The third kappa shape index (κ3) is 2.77. The van der Waals surface area contributed by atoms with Crippen LogP contribution in [0, 0.1) is 12.3 Å². The van der Waals surface area contributed by atoms with Crippen molar-refractivity contribution in [1.82, 2.24) is 9.78 Å². The summed E-state index contributed by atoms with van der Waals surface area (Å²) in [5, 5.41) is 14.5. The van der Waals surface area contributed by atoms with Gasteiger partial charge >= 0.3 is 0 Å². The second-order valence-electron chi connectivity index (χ2n) is 4.87. The van der Waals surface area contributed by atoms with Gasteiger partial charge in [0.25, 0.3) is 0 Å². The fraction of sp³-hybridized carbons (Fsp3) is 0.750. The zero-order valence-electron chi connectivity index (χ0n) is 10.5. The van der Waals surface area contributed by atoms with Crippen molar-refractivity contribution in [2.45, 2.75) is 40.0 Å². The Bertz CT molecular complexity index is 362. The normalized spacial score (nSPS) is 15.1. The predicted molar refractivity (Wildman–Crippen MR) is 66.8 cm³/mol. The molecule has 0 fully saturated rings. The second kappa shape index (κ2) is 5.19. The van der Waals surface area contributed by atoms with Crippen LogP contribution in [0.1, 0.15) is 38.1 Å². The third-order valence-corrected chi connectivity index (χ3v) is 3.58. The standard InChI is InChI=1S/C12H21ClN2O/c1-5-6-12(3,8-16)7-10-11(13)9(2)14-15(10)4/h16H,5-8H2,1-4H3. The summed E-state index contributed by atoms with van der Waals surface area (Å²) in [6, 6.07) is 0. The summed E-state index contributed by atoms with van der Waals surface area (Å²) in [4.78, 5) is 0. The summed E-state index contributed by atoms with van der Waals surface area (Å²) in [7, 11) is 1.90. The molecule has 0 radical (unpaired) electrons. The first-order valence-electron chi connectivity index (χ1n) is 5.72. The van der Waals surface area contributed by atoms with Crippen LogP contribution in [0.15, 0.2) is 0 Å². The Morgan fingerprint density at radius 2 is 2.12 bits per heavy atom. The van der Waals surface area contributed by atoms with Crippen LogP contribution in [0.3, 0.4) is 0 Å². The summed E-state index contributed by atoms with van der Waals surface area (Å²) in [6.45, 7) is 6.31. The summed E-state index contributed by atoms with van der Waals surface area (Å²) < 4.78 is 1.82. The molecule has 3 nitrogen and oxygen atoms in total. The van der Waals surface area contributed by atoms with E-state index in [2.05, 4.69) is 18.9 Å². The van der Waals surface area contributed by atoms with E-state index < -0.39 is 0 Å². The van der Waals surface area contributed by atoms with Gasteiger partial charge < -0.3 is 5.11 Å². The minimum Gasteiger partial charge on any atom is -0.396 e. The fourth-order valence-corrected chi connectivity index (χ4v) is 2.33. The van der Waals surface area contributed by atoms with E-state index in [1.54, 1.807) is 0 Å². The molecular formula is C12H21ClN2O. The number of hydrogen-bond acceptors (Lipinski definition) is 2. The Morgan fingerprint density at radius 3 is 2.50 bits per heavy atom. The van der Waals surface area contributed by atoms with Crippen LogP contribution in [-0.2, 0) is 13.5 Å². The molecule has 0 aromatic carbocycles. The molecule has 0 amide bonds. The van der Waals surface area contributed by atoms with Crippen molar-refractivity contribution < 1.29 is 5.11 Å². The molecule has 4 heteroatoms. The maximum atomic E-state index is 9.49. The van der Waals surface area contributed by atoms with E-state index in [0.717, 1.165) is 35.7 Å². The summed E-state index contributed by atoms with van der Waals surface area (Å²) in [5.74, 6) is 0. The van der Waals surface area contributed by atoms with Crippen molar-refractivity contribution in [3.63, 3.8) is 0 Å². The van der Waals surface area contributed by atoms with Gasteiger partial charge in [-0.05, 0) is 25.2 Å². The molecule has 0 bridgehead atoms. The van der Waals surface area contributed by atoms with Crippen molar-refractivity contribution in [2.75, 3.05) is 6.61 Å². The zero-order chi connectivity index (χ0) is 12.3. The number of rotatable bonds is 5. The molecule has 1 aromatic heterocycles. The smallest absolute Gasteiger partial charge is 0.0847 e. The molecular weight excluding hydrogens is 224 g/mol. The third-order valence-electron chi connectivity index (χ3n) is 3.09. The van der Waals surface area contributed by atoms with Gasteiger partial charge in [-0.3, -0.25) is 4.68 Å². The lowest BCUT2D eigenvalue weighted by Gasteiger charge is -2.26. The minimum absolute atomic E-state index is 0.0986. The molecule has 0 aliphatic rings. The molecule has 1 heterocycles. The number of aliphatic hydroxyl groups is 1. The van der Waals surface area contributed by atoms with E-state index in [9.17, 15) is 5.11 Å². The van der Waals surface area contributed by atoms with Crippen LogP contribution in [0.5, 0.6) is 0 Å². The maximum absolute atomic E-state index is 9.49. The van der Waals surface area contributed by atoms with E-state index >= 15 is 0 Å². The van der Waals surface area contributed by atoms with Crippen LogP contribution in [0.2, 0.25) is 5.02 Å². The van der Waals surface area contributed by atoms with Crippen LogP contribution >= 0.6 is 11.6 Å². The SMILES string of the molecule is CCCC(C)(CO)Cc1c(Cl)c(C)nn1C. The number of halogens is 1. The van der Waals surface area contributed by atoms with Gasteiger partial charge in [-0.15, -0.1) is 0 Å². The molecule has 0 saturated carbocycles. The van der Waals surface area contributed by atoms with E-state index in [4.69, 9.17) is 11.6 Å². The van der Waals surface area contributed by atoms with E-state index in [-0.39, 0.29) is 12.0 Å². The lowest BCUT2D eigenvalue weighted by atomic mass is 9.82. The maximum Gasteiger partial charge on any atom is 0.0847 e. The summed E-state index contributed by atoms with van der Waals surface area (Å²) in [5.41, 5.74) is 1.78. The molecule has 0 aliphatic heterocycles. The molecule has 16 heavy (non-hydrogen) atoms. The Balaban J connectivity index is 2.93. The summed E-state index contributed by atoms with van der Waals surface area (Å²) >= 11 is 6.21. The Kier molecular flexibility index (Phi) is 4.39. The first-order chi connectivity index (χ1) is 7.43. The topological polar surface area (TPSA) is 38.1 Å². The zero-order valence-corrected chi connectivity index (χ0v) is 11.3. The monoisotopic (exact) mass is 244 g/mol. The minimum atomic E-state index is -0.0986. The van der Waals surface area contributed by atoms with Crippen molar-refractivity contribution in [1.29, 1.82) is 0 Å². The highest BCUT2D eigenvalue weighted by Gasteiger charge is 2.26. The number of aliphatic hydroxyl groups excluding tert-OH is 1. The van der Waals surface area contributed by atoms with E-state index in [0.29, 0.717) is 0 Å². The summed E-state index contributed by atoms with van der Waals surface area (Å²) in [6.07, 6.45) is 2.82. The number of aromatic nitrogens is 2. The van der Waals surface area contributed by atoms with Gasteiger partial charge in [0.15, 0.2) is 0 Å². The molecule has 1 unspecified atom stereocenters. The fourth-order valence-electron chi connectivity index (χ4n) is 2.10. The second-order valence-corrected chi connectivity index (χ2v) is 5.24. The van der Waals surface area contributed by atoms with Gasteiger partial charge in [0.2, 0.25) is 0 Å². The van der Waals surface area contributed by atoms with Crippen LogP contribution in [-0.4, -0.2) is 21.5 Å². The lowest BCUT2D eigenvalue weighted by molar-refractivity contribution is 0.129. The molecule has 1 rings (SSSR count). The van der Waals surface area contributed by atoms with Gasteiger partial charge in [0.05, 0.1) is 16.4 Å². The predicted octanol–water partition coefficient (Wildman–Crippen LogP) is 2.72. The average Bonchev–Trinajstić information content (AvgIpc) is 2.46. The molecule has 1 atom stereocenters. The van der Waals surface area contributed by atoms with E-state index in [1.807, 2.05) is 18.7 Å². The largest absolute Gasteiger partial charge is 0.396 e. The van der Waals surface area contributed by atoms with Gasteiger partial charge in [0, 0.05) is 13.7 Å². The Morgan fingerprint density at radius 1 is 1.50 bits per heavy atom. The molecule has 1 N–H and O–H groups in total. The molecule has 92 valence electrons. The van der Waals surface area contributed by atoms with Crippen molar-refractivity contribution >= 4 is 11.6 Å². The Hall–Kier alpha value is -0.540. The average molecular weight is 245 g/mol. The molecule has 0 aliphatic carbocycles. The van der Waals surface area contributed by atoms with Crippen LogP contribution < -0.4 is 0 Å². The van der Waals surface area contributed by atoms with Gasteiger partial charge in [-0.1, -0.05) is 31.9 Å². The molecule has 0 saturated heterocycles. The van der Waals surface area contributed by atoms with Gasteiger partial charge in [-0.25, -0.2) is 0 Å². The highest BCUT2D eigenvalue weighted by Crippen LogP contribution is 2.31. The molecule has 1 aromatic rings. The number of aryl methyl sites for hydroxylation is 2. The van der Waals surface area contributed by atoms with Crippen molar-refractivity contribution in [3.05, 3.63) is 16.4 Å². The first-order valence-corrected chi connectivity index (χ1v) is 6.10. The number of nitrogens with zero attached hydrogens (tertiary/aromatic N) is 2.